The van der Waals surface area contributed by atoms with Crippen LogP contribution in [0.4, 0.5) is 8.78 Å². The molecule has 1 unspecified atom stereocenters. The summed E-state index contributed by atoms with van der Waals surface area (Å²) in [4.78, 5) is 11.4. The summed E-state index contributed by atoms with van der Waals surface area (Å²) in [6.45, 7) is 1.29. The van der Waals surface area contributed by atoms with E-state index in [-0.39, 0.29) is 17.9 Å². The molecule has 3 N–H and O–H groups in total. The molecule has 5 heteroatoms. The van der Waals surface area contributed by atoms with E-state index in [0.717, 1.165) is 12.8 Å². The van der Waals surface area contributed by atoms with Gasteiger partial charge in [-0.2, -0.15) is 0 Å². The molecule has 3 atom stereocenters. The maximum Gasteiger partial charge on any atom is 0.258 e. The molecule has 0 bridgehead atoms. The molecule has 14 heavy (non-hydrogen) atoms. The number of carbonyl (C=O) groups excluding carboxylic acids is 1. The number of nitrogens with two attached hydrogens (primary N) is 1. The van der Waals surface area contributed by atoms with E-state index in [4.69, 9.17) is 5.73 Å². The van der Waals surface area contributed by atoms with Crippen molar-refractivity contribution in [3.63, 3.8) is 0 Å². The van der Waals surface area contributed by atoms with Gasteiger partial charge in [-0.3, -0.25) is 4.79 Å². The van der Waals surface area contributed by atoms with Gasteiger partial charge in [-0.05, 0) is 19.8 Å². The SMILES string of the molecule is CC(NC(=O)[C@@H]1CCC[C@@H]1N)C(F)F. The van der Waals surface area contributed by atoms with Crippen molar-refractivity contribution in [3.05, 3.63) is 0 Å². The number of rotatable bonds is 3. The number of hydrogen-bond acceptors (Lipinski definition) is 2. The van der Waals surface area contributed by atoms with Crippen molar-refractivity contribution >= 4 is 5.91 Å². The Balaban J connectivity index is 2.41. The van der Waals surface area contributed by atoms with Gasteiger partial charge in [0.2, 0.25) is 5.91 Å². The average molecular weight is 206 g/mol. The zero-order valence-corrected chi connectivity index (χ0v) is 8.17. The maximum absolute atomic E-state index is 12.1. The Kier molecular flexibility index (Phi) is 3.80. The Morgan fingerprint density at radius 2 is 2.14 bits per heavy atom. The van der Waals surface area contributed by atoms with Crippen LogP contribution in [0.25, 0.3) is 0 Å². The Morgan fingerprint density at radius 3 is 2.57 bits per heavy atom. The zero-order chi connectivity index (χ0) is 10.7. The largest absolute Gasteiger partial charge is 0.348 e. The van der Waals surface area contributed by atoms with Crippen molar-refractivity contribution < 1.29 is 13.6 Å². The molecule has 0 aromatic carbocycles. The number of nitrogens with one attached hydrogen (secondary N) is 1. The monoisotopic (exact) mass is 206 g/mol. The molecule has 1 aliphatic rings. The summed E-state index contributed by atoms with van der Waals surface area (Å²) in [7, 11) is 0. The molecule has 0 aromatic rings. The molecule has 82 valence electrons. The lowest BCUT2D eigenvalue weighted by molar-refractivity contribution is -0.126. The number of hydrogen-bond donors (Lipinski definition) is 2. The third-order valence-electron chi connectivity index (χ3n) is 2.65. The first-order valence-corrected chi connectivity index (χ1v) is 4.86. The number of carbonyl (C=O) groups is 1. The average Bonchev–Trinajstić information content (AvgIpc) is 2.51. The first-order chi connectivity index (χ1) is 6.52. The van der Waals surface area contributed by atoms with Gasteiger partial charge in [-0.25, -0.2) is 8.78 Å². The topological polar surface area (TPSA) is 55.1 Å². The molecule has 1 fully saturated rings. The molecular weight excluding hydrogens is 190 g/mol. The van der Waals surface area contributed by atoms with Crippen LogP contribution in [0.15, 0.2) is 0 Å². The molecule has 0 aliphatic heterocycles. The van der Waals surface area contributed by atoms with Crippen LogP contribution in [0.5, 0.6) is 0 Å². The minimum Gasteiger partial charge on any atom is -0.348 e. The molecule has 0 aromatic heterocycles. The normalized spacial score (nSPS) is 29.2. The fourth-order valence-electron chi connectivity index (χ4n) is 1.71. The van der Waals surface area contributed by atoms with Gasteiger partial charge in [-0.15, -0.1) is 0 Å². The molecule has 0 heterocycles. The van der Waals surface area contributed by atoms with Crippen LogP contribution < -0.4 is 11.1 Å². The molecule has 3 nitrogen and oxygen atoms in total. The van der Waals surface area contributed by atoms with E-state index in [1.54, 1.807) is 0 Å². The van der Waals surface area contributed by atoms with Crippen molar-refractivity contribution in [3.8, 4) is 0 Å². The molecule has 1 saturated carbocycles. The lowest BCUT2D eigenvalue weighted by Gasteiger charge is -2.18. The molecule has 1 amide bonds. The predicted octanol–water partition coefficient (Wildman–Crippen LogP) is 0.884. The van der Waals surface area contributed by atoms with Crippen LogP contribution in [0, 0.1) is 5.92 Å². The van der Waals surface area contributed by atoms with Crippen LogP contribution in [0.1, 0.15) is 26.2 Å². The summed E-state index contributed by atoms with van der Waals surface area (Å²) in [5, 5.41) is 2.28. The van der Waals surface area contributed by atoms with Gasteiger partial charge in [0.1, 0.15) is 0 Å². The van der Waals surface area contributed by atoms with Gasteiger partial charge in [-0.1, -0.05) is 6.42 Å². The quantitative estimate of drug-likeness (QED) is 0.720. The third-order valence-corrected chi connectivity index (χ3v) is 2.65. The highest BCUT2D eigenvalue weighted by atomic mass is 19.3. The summed E-state index contributed by atoms with van der Waals surface area (Å²) in [6.07, 6.45) is -0.0940. The summed E-state index contributed by atoms with van der Waals surface area (Å²) in [5.41, 5.74) is 5.68. The third kappa shape index (κ3) is 2.64. The Labute approximate surface area is 82.0 Å². The lowest BCUT2D eigenvalue weighted by atomic mass is 10.0. The van der Waals surface area contributed by atoms with E-state index in [9.17, 15) is 13.6 Å². The van der Waals surface area contributed by atoms with Crippen molar-refractivity contribution in [2.45, 2.75) is 44.7 Å². The van der Waals surface area contributed by atoms with E-state index >= 15 is 0 Å². The van der Waals surface area contributed by atoms with Crippen LogP contribution in [-0.2, 0) is 4.79 Å². The summed E-state index contributed by atoms with van der Waals surface area (Å²) < 4.78 is 24.3. The molecule has 0 spiro atoms. The van der Waals surface area contributed by atoms with Crippen LogP contribution in [-0.4, -0.2) is 24.4 Å². The fourth-order valence-corrected chi connectivity index (χ4v) is 1.71. The summed E-state index contributed by atoms with van der Waals surface area (Å²) in [5.74, 6) is -0.612. The minimum atomic E-state index is -2.52. The molecule has 1 aliphatic carbocycles. The van der Waals surface area contributed by atoms with Crippen LogP contribution in [0.3, 0.4) is 0 Å². The Bertz CT molecular complexity index is 211. The standard InChI is InChI=1S/C9H16F2N2O/c1-5(8(10)11)13-9(14)6-3-2-4-7(6)12/h5-8H,2-4,12H2,1H3,(H,13,14)/t5?,6-,7+/m1/s1. The molecule has 0 radical (unpaired) electrons. The fraction of sp³-hybridized carbons (Fsp3) is 0.889. The van der Waals surface area contributed by atoms with Crippen molar-refractivity contribution in [2.24, 2.45) is 11.7 Å². The highest BCUT2D eigenvalue weighted by Crippen LogP contribution is 2.24. The summed E-state index contributed by atoms with van der Waals surface area (Å²) in [6, 6.07) is -1.25. The van der Waals surface area contributed by atoms with E-state index in [1.807, 2.05) is 0 Å². The van der Waals surface area contributed by atoms with E-state index in [2.05, 4.69) is 5.32 Å². The van der Waals surface area contributed by atoms with Gasteiger partial charge >= 0.3 is 0 Å². The zero-order valence-electron chi connectivity index (χ0n) is 8.17. The second kappa shape index (κ2) is 4.68. The second-order valence-corrected chi connectivity index (χ2v) is 3.83. The van der Waals surface area contributed by atoms with E-state index in [0.29, 0.717) is 6.42 Å². The second-order valence-electron chi connectivity index (χ2n) is 3.83. The smallest absolute Gasteiger partial charge is 0.258 e. The number of alkyl halides is 2. The van der Waals surface area contributed by atoms with E-state index < -0.39 is 12.5 Å². The van der Waals surface area contributed by atoms with Crippen LogP contribution >= 0.6 is 0 Å². The first-order valence-electron chi connectivity index (χ1n) is 4.86. The molecule has 0 saturated heterocycles. The van der Waals surface area contributed by atoms with Gasteiger partial charge in [0.15, 0.2) is 0 Å². The maximum atomic E-state index is 12.1. The molecular formula is C9H16F2N2O. The van der Waals surface area contributed by atoms with Gasteiger partial charge in [0, 0.05) is 6.04 Å². The van der Waals surface area contributed by atoms with Crippen molar-refractivity contribution in [1.82, 2.24) is 5.32 Å². The highest BCUT2D eigenvalue weighted by molar-refractivity contribution is 5.80. The van der Waals surface area contributed by atoms with Crippen molar-refractivity contribution in [2.75, 3.05) is 0 Å². The predicted molar refractivity (Wildman–Crippen MR) is 48.9 cm³/mol. The van der Waals surface area contributed by atoms with Gasteiger partial charge < -0.3 is 11.1 Å². The number of amides is 1. The van der Waals surface area contributed by atoms with Gasteiger partial charge in [0.25, 0.3) is 6.43 Å². The number of halogens is 2. The highest BCUT2D eigenvalue weighted by Gasteiger charge is 2.31. The van der Waals surface area contributed by atoms with Gasteiger partial charge in [0.05, 0.1) is 12.0 Å². The Morgan fingerprint density at radius 1 is 1.50 bits per heavy atom. The van der Waals surface area contributed by atoms with Crippen LogP contribution in [0.2, 0.25) is 0 Å². The summed E-state index contributed by atoms with van der Waals surface area (Å²) >= 11 is 0. The first kappa shape index (κ1) is 11.4. The minimum absolute atomic E-state index is 0.167. The Hall–Kier alpha value is -0.710. The molecule has 1 rings (SSSR count). The lowest BCUT2D eigenvalue weighted by Crippen LogP contribution is -2.44. The van der Waals surface area contributed by atoms with E-state index in [1.165, 1.54) is 6.92 Å². The van der Waals surface area contributed by atoms with Crippen molar-refractivity contribution in [1.29, 1.82) is 0 Å².